The van der Waals surface area contributed by atoms with Gasteiger partial charge in [-0.05, 0) is 30.2 Å². The number of methoxy groups -OCH3 is 1. The van der Waals surface area contributed by atoms with E-state index in [9.17, 15) is 8.78 Å². The van der Waals surface area contributed by atoms with Gasteiger partial charge in [0.1, 0.15) is 17.0 Å². The molecular weight excluding hydrogens is 417 g/mol. The minimum absolute atomic E-state index is 0.0238. The largest absolute Gasteiger partial charge is 0.467 e. The smallest absolute Gasteiger partial charge is 0.318 e. The van der Waals surface area contributed by atoms with E-state index < -0.39 is 17.5 Å². The number of halogens is 3. The second-order valence-corrected chi connectivity index (χ2v) is 8.18. The molecule has 0 amide bonds. The molecule has 1 fully saturated rings. The summed E-state index contributed by atoms with van der Waals surface area (Å²) in [4.78, 5) is 15.1. The Kier molecular flexibility index (Phi) is 5.07. The number of rotatable bonds is 3. The van der Waals surface area contributed by atoms with Crippen molar-refractivity contribution in [3.8, 4) is 17.3 Å². The van der Waals surface area contributed by atoms with Crippen LogP contribution in [0.1, 0.15) is 19.8 Å². The van der Waals surface area contributed by atoms with Crippen LogP contribution in [0.2, 0.25) is 0 Å². The molecule has 0 saturated carbocycles. The van der Waals surface area contributed by atoms with E-state index in [4.69, 9.17) is 4.74 Å². The van der Waals surface area contributed by atoms with Crippen LogP contribution in [0.4, 0.5) is 19.0 Å². The summed E-state index contributed by atoms with van der Waals surface area (Å²) in [6.07, 6.45) is 3.62. The van der Waals surface area contributed by atoms with Crippen LogP contribution in [0, 0.1) is 23.4 Å². The lowest BCUT2D eigenvalue weighted by atomic mass is 9.99. The van der Waals surface area contributed by atoms with Crippen LogP contribution in [0.25, 0.3) is 32.9 Å². The molecule has 1 aliphatic rings. The highest BCUT2D eigenvalue weighted by Crippen LogP contribution is 2.36. The molecule has 1 saturated heterocycles. The molecule has 2 aromatic heterocycles. The molecular formula is C24H21F3N4O. The Labute approximate surface area is 182 Å². The predicted molar refractivity (Wildman–Crippen MR) is 117 cm³/mol. The van der Waals surface area contributed by atoms with Gasteiger partial charge in [0.25, 0.3) is 0 Å². The predicted octanol–water partition coefficient (Wildman–Crippen LogP) is 5.51. The van der Waals surface area contributed by atoms with Crippen molar-refractivity contribution in [2.75, 3.05) is 25.1 Å². The van der Waals surface area contributed by atoms with Gasteiger partial charge in [0.15, 0.2) is 17.5 Å². The number of anilines is 1. The number of pyridine rings is 1. The first-order valence-electron chi connectivity index (χ1n) is 10.5. The molecule has 4 aromatic rings. The summed E-state index contributed by atoms with van der Waals surface area (Å²) in [7, 11) is 1.42. The highest BCUT2D eigenvalue weighted by Gasteiger charge is 2.25. The molecule has 5 rings (SSSR count). The van der Waals surface area contributed by atoms with Gasteiger partial charge in [-0.25, -0.2) is 13.2 Å². The number of fused-ring (bicyclic) bond motifs is 2. The van der Waals surface area contributed by atoms with Gasteiger partial charge >= 0.3 is 6.01 Å². The van der Waals surface area contributed by atoms with Gasteiger partial charge in [-0.15, -0.1) is 0 Å². The normalized spacial score (nSPS) is 16.7. The molecule has 1 unspecified atom stereocenters. The Balaban J connectivity index is 1.75. The first kappa shape index (κ1) is 20.5. The summed E-state index contributed by atoms with van der Waals surface area (Å²) in [5.41, 5.74) is 0.0832. The quantitative estimate of drug-likeness (QED) is 0.422. The highest BCUT2D eigenvalue weighted by molar-refractivity contribution is 5.99. The lowest BCUT2D eigenvalue weighted by molar-refractivity contribution is 0.379. The third kappa shape index (κ3) is 3.30. The van der Waals surface area contributed by atoms with Gasteiger partial charge in [0, 0.05) is 30.2 Å². The summed E-state index contributed by atoms with van der Waals surface area (Å²) in [5, 5.41) is 0.878. The summed E-state index contributed by atoms with van der Waals surface area (Å²) < 4.78 is 49.7. The molecule has 0 N–H and O–H groups in total. The molecule has 8 heteroatoms. The Hall–Kier alpha value is -3.42. The summed E-state index contributed by atoms with van der Waals surface area (Å²) >= 11 is 0. The molecule has 0 bridgehead atoms. The van der Waals surface area contributed by atoms with E-state index in [1.807, 2.05) is 0 Å². The second-order valence-electron chi connectivity index (χ2n) is 8.18. The maximum atomic E-state index is 15.8. The average molecular weight is 438 g/mol. The molecule has 32 heavy (non-hydrogen) atoms. The van der Waals surface area contributed by atoms with Crippen molar-refractivity contribution in [1.29, 1.82) is 0 Å². The maximum Gasteiger partial charge on any atom is 0.318 e. The number of ether oxygens (including phenoxy) is 1. The molecule has 0 radical (unpaired) electrons. The van der Waals surface area contributed by atoms with Crippen LogP contribution in [0.15, 0.2) is 36.5 Å². The molecule has 5 nitrogen and oxygen atoms in total. The van der Waals surface area contributed by atoms with Gasteiger partial charge in [-0.2, -0.15) is 9.97 Å². The second kappa shape index (κ2) is 7.93. The number of piperidine rings is 1. The van der Waals surface area contributed by atoms with Gasteiger partial charge < -0.3 is 9.64 Å². The first-order chi connectivity index (χ1) is 15.5. The third-order valence-electron chi connectivity index (χ3n) is 5.97. The van der Waals surface area contributed by atoms with E-state index in [0.717, 1.165) is 32.0 Å². The van der Waals surface area contributed by atoms with Gasteiger partial charge in [0.05, 0.1) is 12.5 Å². The number of hydrogen-bond acceptors (Lipinski definition) is 5. The van der Waals surface area contributed by atoms with Crippen molar-refractivity contribution in [1.82, 2.24) is 15.0 Å². The molecule has 2 aromatic carbocycles. The lowest BCUT2D eigenvalue weighted by Gasteiger charge is -2.32. The number of benzene rings is 2. The van der Waals surface area contributed by atoms with Gasteiger partial charge in [-0.1, -0.05) is 31.2 Å². The SMILES string of the molecule is COc1nc(N2CCCC(C)C2)c2cnc(-c3cccc4ccc(F)c(F)c34)c(F)c2n1. The van der Waals surface area contributed by atoms with E-state index in [1.165, 1.54) is 25.4 Å². The standard InChI is InChI=1S/C24H21F3N4O/c1-13-5-4-10-31(12-13)23-16-11-28-21(20(27)22(16)29-24(30-23)32-2)15-7-3-6-14-8-9-17(25)19(26)18(14)15/h3,6-9,11,13H,4-5,10,12H2,1-2H3. The van der Waals surface area contributed by atoms with Crippen molar-refractivity contribution in [3.63, 3.8) is 0 Å². The Morgan fingerprint density at radius 2 is 1.91 bits per heavy atom. The summed E-state index contributed by atoms with van der Waals surface area (Å²) in [6.45, 7) is 3.74. The van der Waals surface area contributed by atoms with Crippen LogP contribution in [-0.4, -0.2) is 35.2 Å². The molecule has 1 aliphatic heterocycles. The van der Waals surface area contributed by atoms with Crippen LogP contribution >= 0.6 is 0 Å². The zero-order valence-electron chi connectivity index (χ0n) is 17.7. The molecule has 0 spiro atoms. The topological polar surface area (TPSA) is 51.1 Å². The van der Waals surface area contributed by atoms with Crippen molar-refractivity contribution in [3.05, 3.63) is 54.0 Å². The fourth-order valence-electron chi connectivity index (χ4n) is 4.43. The minimum Gasteiger partial charge on any atom is -0.467 e. The van der Waals surface area contributed by atoms with E-state index >= 15 is 4.39 Å². The Bertz CT molecular complexity index is 1340. The fourth-order valence-corrected chi connectivity index (χ4v) is 4.43. The zero-order valence-corrected chi connectivity index (χ0v) is 17.7. The first-order valence-corrected chi connectivity index (χ1v) is 10.5. The summed E-state index contributed by atoms with van der Waals surface area (Å²) in [5.74, 6) is -1.73. The lowest BCUT2D eigenvalue weighted by Crippen LogP contribution is -2.35. The Morgan fingerprint density at radius 3 is 2.69 bits per heavy atom. The van der Waals surface area contributed by atoms with E-state index in [2.05, 4.69) is 26.8 Å². The average Bonchev–Trinajstić information content (AvgIpc) is 2.81. The Morgan fingerprint density at radius 1 is 1.06 bits per heavy atom. The van der Waals surface area contributed by atoms with E-state index in [-0.39, 0.29) is 28.2 Å². The highest BCUT2D eigenvalue weighted by atomic mass is 19.2. The number of nitrogens with zero attached hydrogens (tertiary/aromatic N) is 4. The van der Waals surface area contributed by atoms with Crippen LogP contribution in [0.5, 0.6) is 6.01 Å². The molecule has 0 aliphatic carbocycles. The van der Waals surface area contributed by atoms with Crippen molar-refractivity contribution >= 4 is 27.5 Å². The van der Waals surface area contributed by atoms with Gasteiger partial charge in [0.2, 0.25) is 0 Å². The maximum absolute atomic E-state index is 15.8. The monoisotopic (exact) mass is 438 g/mol. The van der Waals surface area contributed by atoms with Crippen molar-refractivity contribution in [2.45, 2.75) is 19.8 Å². The molecule has 3 heterocycles. The fraction of sp³-hybridized carbons (Fsp3) is 0.292. The van der Waals surface area contributed by atoms with Crippen LogP contribution < -0.4 is 9.64 Å². The number of hydrogen-bond donors (Lipinski definition) is 0. The number of aromatic nitrogens is 3. The van der Waals surface area contributed by atoms with Crippen LogP contribution in [-0.2, 0) is 0 Å². The minimum atomic E-state index is -1.04. The van der Waals surface area contributed by atoms with Crippen molar-refractivity contribution in [2.24, 2.45) is 5.92 Å². The third-order valence-corrected chi connectivity index (χ3v) is 5.97. The zero-order chi connectivity index (χ0) is 22.4. The van der Waals surface area contributed by atoms with E-state index in [1.54, 1.807) is 12.1 Å². The van der Waals surface area contributed by atoms with Crippen molar-refractivity contribution < 1.29 is 17.9 Å². The van der Waals surface area contributed by atoms with E-state index in [0.29, 0.717) is 22.5 Å². The van der Waals surface area contributed by atoms with Gasteiger partial charge in [-0.3, -0.25) is 4.98 Å². The summed E-state index contributed by atoms with van der Waals surface area (Å²) in [6, 6.07) is 7.36. The molecule has 1 atom stereocenters. The molecule has 164 valence electrons. The van der Waals surface area contributed by atoms with Crippen LogP contribution in [0.3, 0.4) is 0 Å².